The van der Waals surface area contributed by atoms with Gasteiger partial charge in [-0.05, 0) is 70.0 Å². The Balaban J connectivity index is 1.70. The van der Waals surface area contributed by atoms with Crippen LogP contribution in [0.1, 0.15) is 18.2 Å². The predicted octanol–water partition coefficient (Wildman–Crippen LogP) is 7.18. The van der Waals surface area contributed by atoms with Gasteiger partial charge in [0.15, 0.2) is 0 Å². The zero-order valence-corrected chi connectivity index (χ0v) is 18.0. The number of rotatable bonds is 3. The fraction of sp³-hybridized carbons (Fsp3) is 0.130. The summed E-state index contributed by atoms with van der Waals surface area (Å²) in [6, 6.07) is 13.8. The molecule has 0 aliphatic heterocycles. The summed E-state index contributed by atoms with van der Waals surface area (Å²) >= 11 is 3.47. The molecule has 0 saturated carbocycles. The van der Waals surface area contributed by atoms with Crippen LogP contribution in [0.15, 0.2) is 63.5 Å². The first-order valence-corrected chi connectivity index (χ1v) is 9.99. The summed E-state index contributed by atoms with van der Waals surface area (Å²) in [6.07, 6.45) is -4.40. The molecule has 8 heteroatoms. The minimum absolute atomic E-state index is 0.243. The lowest BCUT2D eigenvalue weighted by Gasteiger charge is -2.08. The molecular weight excluding hydrogens is 475 g/mol. The van der Waals surface area contributed by atoms with Crippen molar-refractivity contribution in [3.05, 3.63) is 70.4 Å². The van der Waals surface area contributed by atoms with Gasteiger partial charge in [0.05, 0.1) is 10.0 Å². The van der Waals surface area contributed by atoms with E-state index in [0.717, 1.165) is 28.5 Å². The third-order valence-electron chi connectivity index (χ3n) is 4.70. The minimum atomic E-state index is -4.40. The zero-order valence-electron chi connectivity index (χ0n) is 16.4. The number of aromatic nitrogens is 1. The van der Waals surface area contributed by atoms with E-state index in [1.807, 2.05) is 24.3 Å². The van der Waals surface area contributed by atoms with Crippen LogP contribution in [0.4, 0.5) is 13.2 Å². The van der Waals surface area contributed by atoms with Crippen molar-refractivity contribution in [1.29, 1.82) is 0 Å². The number of halogens is 4. The summed E-state index contributed by atoms with van der Waals surface area (Å²) in [5.74, 6) is 0.804. The van der Waals surface area contributed by atoms with E-state index < -0.39 is 17.7 Å². The van der Waals surface area contributed by atoms with Crippen LogP contribution in [0, 0.1) is 6.92 Å². The lowest BCUT2D eigenvalue weighted by molar-refractivity contribution is -0.137. The van der Waals surface area contributed by atoms with Crippen LogP contribution in [0.25, 0.3) is 33.5 Å². The van der Waals surface area contributed by atoms with Crippen LogP contribution in [0.3, 0.4) is 0 Å². The number of alkyl halides is 3. The number of esters is 1. The van der Waals surface area contributed by atoms with Crippen LogP contribution in [-0.2, 0) is 11.0 Å². The molecule has 0 saturated heterocycles. The fourth-order valence-electron chi connectivity index (χ4n) is 3.24. The monoisotopic (exact) mass is 489 g/mol. The third-order valence-corrected chi connectivity index (χ3v) is 5.52. The Labute approximate surface area is 183 Å². The Kier molecular flexibility index (Phi) is 5.35. The summed E-state index contributed by atoms with van der Waals surface area (Å²) < 4.78 is 49.9. The van der Waals surface area contributed by atoms with Crippen molar-refractivity contribution in [2.24, 2.45) is 0 Å². The highest BCUT2D eigenvalue weighted by Crippen LogP contribution is 2.37. The zero-order chi connectivity index (χ0) is 22.3. The highest BCUT2D eigenvalue weighted by atomic mass is 79.9. The molecule has 0 fully saturated rings. The maximum atomic E-state index is 12.8. The first-order valence-electron chi connectivity index (χ1n) is 9.19. The Bertz CT molecular complexity index is 1290. The summed E-state index contributed by atoms with van der Waals surface area (Å²) in [6.45, 7) is 3.08. The van der Waals surface area contributed by atoms with Gasteiger partial charge < -0.3 is 9.15 Å². The third kappa shape index (κ3) is 4.20. The predicted molar refractivity (Wildman–Crippen MR) is 114 cm³/mol. The molecule has 4 aromatic rings. The van der Waals surface area contributed by atoms with Crippen LogP contribution >= 0.6 is 15.9 Å². The van der Waals surface area contributed by atoms with E-state index in [9.17, 15) is 18.0 Å². The van der Waals surface area contributed by atoms with E-state index >= 15 is 0 Å². The molecule has 0 radical (unpaired) electrons. The topological polar surface area (TPSA) is 52.3 Å². The van der Waals surface area contributed by atoms with Crippen LogP contribution in [0.2, 0.25) is 0 Å². The van der Waals surface area contributed by atoms with Crippen molar-refractivity contribution < 1.29 is 27.1 Å². The van der Waals surface area contributed by atoms with E-state index in [1.54, 1.807) is 13.0 Å². The van der Waals surface area contributed by atoms with Gasteiger partial charge >= 0.3 is 12.1 Å². The number of fused-ring (bicyclic) bond motifs is 1. The van der Waals surface area contributed by atoms with E-state index in [0.29, 0.717) is 27.2 Å². The summed E-state index contributed by atoms with van der Waals surface area (Å²) in [5.41, 5.74) is 1.11. The minimum Gasteiger partial charge on any atom is -0.441 e. The lowest BCUT2D eigenvalue weighted by Crippen LogP contribution is -2.03. The second-order valence-electron chi connectivity index (χ2n) is 6.91. The van der Waals surface area contributed by atoms with Crippen LogP contribution < -0.4 is 4.74 Å². The molecule has 31 heavy (non-hydrogen) atoms. The SMILES string of the molecule is CC(=O)Oc1ccc2cc(-c3nc(-c4ccc(C(F)(F)F)cc4)oc3C)ccc2c1Br. The Morgan fingerprint density at radius 3 is 2.35 bits per heavy atom. The van der Waals surface area contributed by atoms with Gasteiger partial charge in [0, 0.05) is 18.1 Å². The second kappa shape index (κ2) is 7.85. The normalized spacial score (nSPS) is 11.7. The molecule has 4 rings (SSSR count). The van der Waals surface area contributed by atoms with Crippen molar-refractivity contribution >= 4 is 32.7 Å². The number of benzene rings is 3. The molecule has 1 aromatic heterocycles. The number of aryl methyl sites for hydroxylation is 1. The molecule has 4 nitrogen and oxygen atoms in total. The maximum absolute atomic E-state index is 12.8. The van der Waals surface area contributed by atoms with E-state index in [4.69, 9.17) is 9.15 Å². The number of hydrogen-bond acceptors (Lipinski definition) is 4. The summed E-state index contributed by atoms with van der Waals surface area (Å²) in [7, 11) is 0. The van der Waals surface area contributed by atoms with E-state index in [2.05, 4.69) is 20.9 Å². The molecule has 0 unspecified atom stereocenters. The largest absolute Gasteiger partial charge is 0.441 e. The van der Waals surface area contributed by atoms with Gasteiger partial charge in [-0.25, -0.2) is 4.98 Å². The number of hydrogen-bond donors (Lipinski definition) is 0. The van der Waals surface area contributed by atoms with Crippen LogP contribution in [-0.4, -0.2) is 11.0 Å². The number of ether oxygens (including phenoxy) is 1. The van der Waals surface area contributed by atoms with E-state index in [1.165, 1.54) is 19.1 Å². The highest BCUT2D eigenvalue weighted by Gasteiger charge is 2.30. The quantitative estimate of drug-likeness (QED) is 0.226. The molecule has 0 atom stereocenters. The maximum Gasteiger partial charge on any atom is 0.416 e. The van der Waals surface area contributed by atoms with Gasteiger partial charge in [-0.15, -0.1) is 0 Å². The summed E-state index contributed by atoms with van der Waals surface area (Å²) in [4.78, 5) is 15.7. The van der Waals surface area contributed by atoms with Gasteiger partial charge in [-0.3, -0.25) is 4.79 Å². The Morgan fingerprint density at radius 1 is 1.03 bits per heavy atom. The molecule has 0 aliphatic rings. The molecular formula is C23H15BrF3NO3. The van der Waals surface area contributed by atoms with Crippen molar-refractivity contribution in [2.75, 3.05) is 0 Å². The smallest absolute Gasteiger partial charge is 0.416 e. The lowest BCUT2D eigenvalue weighted by atomic mass is 10.0. The first kappa shape index (κ1) is 21.1. The molecule has 0 amide bonds. The summed E-state index contributed by atoms with van der Waals surface area (Å²) in [5, 5.41) is 1.74. The molecule has 0 aliphatic carbocycles. The molecule has 0 spiro atoms. The standard InChI is InChI=1S/C23H15BrF3NO3/c1-12-21(28-22(30-12)14-3-7-17(8-4-14)23(25,26)27)16-5-9-18-15(11-16)6-10-19(20(18)24)31-13(2)29/h3-11H,1-2H3. The average molecular weight is 490 g/mol. The number of nitrogens with zero attached hydrogens (tertiary/aromatic N) is 1. The second-order valence-corrected chi connectivity index (χ2v) is 7.70. The Morgan fingerprint density at radius 2 is 1.71 bits per heavy atom. The van der Waals surface area contributed by atoms with Crippen molar-refractivity contribution in [2.45, 2.75) is 20.0 Å². The van der Waals surface area contributed by atoms with Gasteiger partial charge in [0.2, 0.25) is 5.89 Å². The number of oxazole rings is 1. The number of carbonyl (C=O) groups is 1. The van der Waals surface area contributed by atoms with E-state index in [-0.39, 0.29) is 5.89 Å². The average Bonchev–Trinajstić information content (AvgIpc) is 3.11. The van der Waals surface area contributed by atoms with Gasteiger partial charge in [0.25, 0.3) is 0 Å². The van der Waals surface area contributed by atoms with Crippen LogP contribution in [0.5, 0.6) is 5.75 Å². The van der Waals surface area contributed by atoms with Gasteiger partial charge in [-0.2, -0.15) is 13.2 Å². The van der Waals surface area contributed by atoms with Crippen molar-refractivity contribution in [3.8, 4) is 28.5 Å². The fourth-order valence-corrected chi connectivity index (χ4v) is 3.82. The molecule has 158 valence electrons. The first-order chi connectivity index (χ1) is 14.6. The van der Waals surface area contributed by atoms with Gasteiger partial charge in [-0.1, -0.05) is 18.2 Å². The molecule has 1 heterocycles. The molecule has 0 bridgehead atoms. The van der Waals surface area contributed by atoms with Gasteiger partial charge in [0.1, 0.15) is 17.2 Å². The Hall–Kier alpha value is -3.13. The molecule has 0 N–H and O–H groups in total. The van der Waals surface area contributed by atoms with Crippen molar-refractivity contribution in [3.63, 3.8) is 0 Å². The number of carbonyl (C=O) groups excluding carboxylic acids is 1. The molecule has 3 aromatic carbocycles. The highest BCUT2D eigenvalue weighted by molar-refractivity contribution is 9.10. The van der Waals surface area contributed by atoms with Crippen molar-refractivity contribution in [1.82, 2.24) is 4.98 Å².